The van der Waals surface area contributed by atoms with E-state index in [1.54, 1.807) is 0 Å². The highest BCUT2D eigenvalue weighted by atomic mass is 15.6. The maximum absolute atomic E-state index is 4.11. The van der Waals surface area contributed by atoms with Gasteiger partial charge < -0.3 is 0 Å². The van der Waals surface area contributed by atoms with Gasteiger partial charge in [-0.05, 0) is 19.4 Å². The van der Waals surface area contributed by atoms with Crippen LogP contribution in [0.1, 0.15) is 13.3 Å². The van der Waals surface area contributed by atoms with Gasteiger partial charge in [0.1, 0.15) is 0 Å². The highest BCUT2D eigenvalue weighted by Crippen LogP contribution is 2.29. The zero-order chi connectivity index (χ0) is 9.26. The molecule has 3 nitrogen and oxygen atoms in total. The lowest BCUT2D eigenvalue weighted by molar-refractivity contribution is 0.273. The Hall–Kier alpha value is -1.38. The molecule has 0 aromatic heterocycles. The predicted octanol–water partition coefficient (Wildman–Crippen LogP) is 2.46. The van der Waals surface area contributed by atoms with E-state index in [2.05, 4.69) is 36.0 Å². The van der Waals surface area contributed by atoms with Gasteiger partial charge in [0, 0.05) is 0 Å². The second kappa shape index (κ2) is 3.17. The molecule has 0 amide bonds. The van der Waals surface area contributed by atoms with Crippen LogP contribution in [0.5, 0.6) is 0 Å². The summed E-state index contributed by atoms with van der Waals surface area (Å²) in [6.07, 6.45) is 7.06. The van der Waals surface area contributed by atoms with Gasteiger partial charge in [-0.25, -0.2) is 0 Å². The van der Waals surface area contributed by atoms with E-state index >= 15 is 0 Å². The minimum Gasteiger partial charge on any atom is -0.265 e. The van der Waals surface area contributed by atoms with Crippen LogP contribution in [0.25, 0.3) is 0 Å². The molecule has 1 heterocycles. The van der Waals surface area contributed by atoms with Gasteiger partial charge in [0.15, 0.2) is 0 Å². The highest BCUT2D eigenvalue weighted by Gasteiger charge is 2.27. The smallest absolute Gasteiger partial charge is 0.0967 e. The number of rotatable bonds is 2. The minimum atomic E-state index is 0.350. The molecule has 0 saturated heterocycles. The van der Waals surface area contributed by atoms with Gasteiger partial charge in [-0.3, -0.25) is 5.01 Å². The molecule has 1 aliphatic carbocycles. The molecule has 0 N–H and O–H groups in total. The normalized spacial score (nSPS) is 25.3. The molecule has 0 aromatic carbocycles. The molecule has 0 bridgehead atoms. The van der Waals surface area contributed by atoms with Gasteiger partial charge in [0.2, 0.25) is 0 Å². The van der Waals surface area contributed by atoms with E-state index in [0.717, 1.165) is 18.7 Å². The topological polar surface area (TPSA) is 28.0 Å². The van der Waals surface area contributed by atoms with Gasteiger partial charge >= 0.3 is 0 Å². The monoisotopic (exact) mass is 175 g/mol. The Balaban J connectivity index is 2.17. The van der Waals surface area contributed by atoms with E-state index in [1.165, 1.54) is 5.57 Å². The van der Waals surface area contributed by atoms with Crippen LogP contribution in [0.4, 0.5) is 0 Å². The Morgan fingerprint density at radius 3 is 3.31 bits per heavy atom. The van der Waals surface area contributed by atoms with Gasteiger partial charge in [-0.2, -0.15) is 0 Å². The molecule has 0 spiro atoms. The van der Waals surface area contributed by atoms with Crippen LogP contribution >= 0.6 is 0 Å². The molecule has 2 aliphatic rings. The molecule has 0 saturated carbocycles. The lowest BCUT2D eigenvalue weighted by Gasteiger charge is -2.23. The van der Waals surface area contributed by atoms with Gasteiger partial charge in [0.25, 0.3) is 0 Å². The average molecular weight is 175 g/mol. The second-order valence-corrected chi connectivity index (χ2v) is 3.42. The van der Waals surface area contributed by atoms with Crippen molar-refractivity contribution >= 4 is 0 Å². The van der Waals surface area contributed by atoms with E-state index in [4.69, 9.17) is 0 Å². The molecule has 0 radical (unpaired) electrons. The van der Waals surface area contributed by atoms with E-state index in [0.29, 0.717) is 6.04 Å². The van der Waals surface area contributed by atoms with Crippen LogP contribution in [-0.4, -0.2) is 17.6 Å². The van der Waals surface area contributed by atoms with Crippen LogP contribution in [0.15, 0.2) is 46.4 Å². The van der Waals surface area contributed by atoms with Crippen molar-refractivity contribution in [2.75, 3.05) is 6.54 Å². The van der Waals surface area contributed by atoms with Gasteiger partial charge in [-0.15, -0.1) is 11.7 Å². The summed E-state index contributed by atoms with van der Waals surface area (Å²) in [6, 6.07) is 0.350. The quantitative estimate of drug-likeness (QED) is 0.592. The van der Waals surface area contributed by atoms with E-state index in [-0.39, 0.29) is 0 Å². The third-order valence-electron chi connectivity index (χ3n) is 2.35. The van der Waals surface area contributed by atoms with E-state index in [9.17, 15) is 0 Å². The van der Waals surface area contributed by atoms with Crippen LogP contribution in [-0.2, 0) is 0 Å². The summed E-state index contributed by atoms with van der Waals surface area (Å²) in [4.78, 5) is 0. The Labute approximate surface area is 78.1 Å². The van der Waals surface area contributed by atoms with Crippen molar-refractivity contribution in [1.29, 1.82) is 0 Å². The van der Waals surface area contributed by atoms with E-state index < -0.39 is 0 Å². The molecule has 0 fully saturated rings. The SMILES string of the molecule is C=CCN1N=NC2=CC=C(C)CC21. The summed E-state index contributed by atoms with van der Waals surface area (Å²) < 4.78 is 0. The Bertz CT molecular complexity index is 312. The minimum absolute atomic E-state index is 0.350. The summed E-state index contributed by atoms with van der Waals surface area (Å²) in [5.74, 6) is 0. The molecule has 1 unspecified atom stereocenters. The number of hydrogen-bond donors (Lipinski definition) is 0. The van der Waals surface area contributed by atoms with Crippen LogP contribution in [0.2, 0.25) is 0 Å². The predicted molar refractivity (Wildman–Crippen MR) is 52.0 cm³/mol. The first-order valence-electron chi connectivity index (χ1n) is 4.48. The molecule has 2 rings (SSSR count). The standard InChI is InChI=1S/C10H13N3/c1-3-6-13-10-7-8(2)4-5-9(10)11-12-13/h3-5,10H,1,6-7H2,2H3. The van der Waals surface area contributed by atoms with Crippen molar-refractivity contribution in [3.63, 3.8) is 0 Å². The van der Waals surface area contributed by atoms with Crippen molar-refractivity contribution in [1.82, 2.24) is 5.01 Å². The summed E-state index contributed by atoms with van der Waals surface area (Å²) >= 11 is 0. The molecule has 1 atom stereocenters. The molecule has 0 aromatic rings. The first kappa shape index (κ1) is 8.23. The first-order chi connectivity index (χ1) is 6.31. The first-order valence-corrected chi connectivity index (χ1v) is 4.48. The highest BCUT2D eigenvalue weighted by molar-refractivity contribution is 5.28. The summed E-state index contributed by atoms with van der Waals surface area (Å²) in [5.41, 5.74) is 2.46. The lowest BCUT2D eigenvalue weighted by atomic mass is 9.99. The Morgan fingerprint density at radius 1 is 1.69 bits per heavy atom. The molecule has 3 heteroatoms. The number of fused-ring (bicyclic) bond motifs is 1. The average Bonchev–Trinajstić information content (AvgIpc) is 2.49. The Morgan fingerprint density at radius 2 is 2.54 bits per heavy atom. The summed E-state index contributed by atoms with van der Waals surface area (Å²) in [6.45, 7) is 6.62. The van der Waals surface area contributed by atoms with E-state index in [1.807, 2.05) is 11.1 Å². The van der Waals surface area contributed by atoms with Crippen LogP contribution < -0.4 is 0 Å². The van der Waals surface area contributed by atoms with Crippen LogP contribution in [0, 0.1) is 0 Å². The van der Waals surface area contributed by atoms with Gasteiger partial charge in [0.05, 0.1) is 18.3 Å². The summed E-state index contributed by atoms with van der Waals surface area (Å²) in [7, 11) is 0. The number of hydrogen-bond acceptors (Lipinski definition) is 3. The second-order valence-electron chi connectivity index (χ2n) is 3.42. The largest absolute Gasteiger partial charge is 0.265 e. The van der Waals surface area contributed by atoms with Crippen LogP contribution in [0.3, 0.4) is 0 Å². The number of nitrogens with zero attached hydrogens (tertiary/aromatic N) is 3. The van der Waals surface area contributed by atoms with Gasteiger partial charge in [-0.1, -0.05) is 22.9 Å². The fourth-order valence-electron chi connectivity index (χ4n) is 1.64. The Kier molecular flexibility index (Phi) is 2.00. The van der Waals surface area contributed by atoms with Crippen molar-refractivity contribution in [3.05, 3.63) is 36.1 Å². The molecular formula is C10H13N3. The molecule has 68 valence electrons. The zero-order valence-electron chi connectivity index (χ0n) is 7.77. The fraction of sp³-hybridized carbons (Fsp3) is 0.400. The molecular weight excluding hydrogens is 162 g/mol. The number of allylic oxidation sites excluding steroid dienone is 2. The maximum Gasteiger partial charge on any atom is 0.0967 e. The third kappa shape index (κ3) is 1.41. The van der Waals surface area contributed by atoms with Crippen molar-refractivity contribution in [3.8, 4) is 0 Å². The molecule has 13 heavy (non-hydrogen) atoms. The lowest BCUT2D eigenvalue weighted by Crippen LogP contribution is -2.29. The molecule has 1 aliphatic heterocycles. The van der Waals surface area contributed by atoms with Crippen molar-refractivity contribution < 1.29 is 0 Å². The fourth-order valence-corrected chi connectivity index (χ4v) is 1.64. The summed E-state index contributed by atoms with van der Waals surface area (Å²) in [5, 5.41) is 10.2. The third-order valence-corrected chi connectivity index (χ3v) is 2.35. The van der Waals surface area contributed by atoms with Crippen molar-refractivity contribution in [2.45, 2.75) is 19.4 Å². The van der Waals surface area contributed by atoms with Crippen molar-refractivity contribution in [2.24, 2.45) is 10.3 Å². The zero-order valence-corrected chi connectivity index (χ0v) is 7.77. The maximum atomic E-state index is 4.11.